The van der Waals surface area contributed by atoms with E-state index < -0.39 is 0 Å². The minimum Gasteiger partial charge on any atom is -0.467 e. The third kappa shape index (κ3) is 4.38. The van der Waals surface area contributed by atoms with Gasteiger partial charge >= 0.3 is 0 Å². The van der Waals surface area contributed by atoms with Gasteiger partial charge in [-0.1, -0.05) is 29.8 Å². The molecule has 1 saturated heterocycles. The molecule has 0 aliphatic carbocycles. The maximum absolute atomic E-state index is 11.3. The van der Waals surface area contributed by atoms with Crippen molar-refractivity contribution in [2.75, 3.05) is 33.0 Å². The van der Waals surface area contributed by atoms with Crippen LogP contribution in [-0.2, 0) is 17.9 Å². The average Bonchev–Trinajstić information content (AvgIpc) is 2.74. The first-order valence-corrected chi connectivity index (χ1v) is 10.1. The minimum atomic E-state index is -0.360. The van der Waals surface area contributed by atoms with Crippen LogP contribution in [0.5, 0.6) is 5.75 Å². The van der Waals surface area contributed by atoms with Gasteiger partial charge in [-0.15, -0.1) is 0 Å². The number of ether oxygens (including phenoxy) is 2. The molecule has 0 radical (unpaired) electrons. The van der Waals surface area contributed by atoms with Gasteiger partial charge in [0.1, 0.15) is 5.75 Å². The number of nitrogens with zero attached hydrogens (tertiary/aromatic N) is 3. The molecule has 1 unspecified atom stereocenters. The van der Waals surface area contributed by atoms with Crippen LogP contribution in [0.1, 0.15) is 29.7 Å². The van der Waals surface area contributed by atoms with E-state index in [0.29, 0.717) is 13.2 Å². The molecule has 7 nitrogen and oxygen atoms in total. The number of piperazine rings is 1. The molecule has 154 valence electrons. The fraction of sp³-hybridized carbons (Fsp3) is 0.429. The first kappa shape index (κ1) is 20.1. The number of nitro benzene ring substituents is 1. The molecule has 2 aromatic carbocycles. The summed E-state index contributed by atoms with van der Waals surface area (Å²) in [5.74, 6) is 0.730. The zero-order valence-corrected chi connectivity index (χ0v) is 17.1. The first-order valence-electron chi connectivity index (χ1n) is 9.74. The Morgan fingerprint density at radius 1 is 1.21 bits per heavy atom. The molecule has 2 heterocycles. The predicted octanol–water partition coefficient (Wildman–Crippen LogP) is 3.99. The summed E-state index contributed by atoms with van der Waals surface area (Å²) in [4.78, 5) is 15.7. The van der Waals surface area contributed by atoms with Crippen LogP contribution in [0.3, 0.4) is 0 Å². The molecule has 2 aliphatic rings. The van der Waals surface area contributed by atoms with E-state index in [0.717, 1.165) is 53.6 Å². The van der Waals surface area contributed by atoms with Crippen molar-refractivity contribution in [2.45, 2.75) is 26.1 Å². The molecule has 0 bridgehead atoms. The van der Waals surface area contributed by atoms with Crippen LogP contribution in [0.4, 0.5) is 5.69 Å². The Bertz CT molecular complexity index is 899. The highest BCUT2D eigenvalue weighted by Crippen LogP contribution is 2.34. The molecule has 2 aromatic rings. The fourth-order valence-electron chi connectivity index (χ4n) is 4.06. The average molecular weight is 418 g/mol. The van der Waals surface area contributed by atoms with Crippen molar-refractivity contribution < 1.29 is 14.4 Å². The monoisotopic (exact) mass is 417 g/mol. The molecule has 2 aliphatic heterocycles. The topological polar surface area (TPSA) is 68.1 Å². The lowest BCUT2D eigenvalue weighted by Gasteiger charge is -2.38. The van der Waals surface area contributed by atoms with E-state index >= 15 is 0 Å². The molecular weight excluding hydrogens is 394 g/mol. The van der Waals surface area contributed by atoms with Crippen molar-refractivity contribution in [3.8, 4) is 5.75 Å². The first-order chi connectivity index (χ1) is 14.0. The zero-order valence-electron chi connectivity index (χ0n) is 16.3. The number of rotatable bonds is 5. The largest absolute Gasteiger partial charge is 0.467 e. The van der Waals surface area contributed by atoms with Crippen molar-refractivity contribution in [1.29, 1.82) is 0 Å². The number of hydrogen-bond donors (Lipinski definition) is 0. The summed E-state index contributed by atoms with van der Waals surface area (Å²) in [6.45, 7) is 6.90. The maximum atomic E-state index is 11.3. The smallest absolute Gasteiger partial charge is 0.270 e. The van der Waals surface area contributed by atoms with Crippen molar-refractivity contribution in [3.63, 3.8) is 0 Å². The van der Waals surface area contributed by atoms with E-state index in [1.807, 2.05) is 18.2 Å². The maximum Gasteiger partial charge on any atom is 0.270 e. The van der Waals surface area contributed by atoms with Crippen molar-refractivity contribution in [2.24, 2.45) is 0 Å². The summed E-state index contributed by atoms with van der Waals surface area (Å²) >= 11 is 6.37. The van der Waals surface area contributed by atoms with E-state index in [9.17, 15) is 10.1 Å². The van der Waals surface area contributed by atoms with Crippen molar-refractivity contribution in [3.05, 3.63) is 68.2 Å². The lowest BCUT2D eigenvalue weighted by Crippen LogP contribution is -2.46. The van der Waals surface area contributed by atoms with E-state index in [2.05, 4.69) is 22.8 Å². The summed E-state index contributed by atoms with van der Waals surface area (Å²) in [5.41, 5.74) is 2.82. The Morgan fingerprint density at radius 3 is 2.69 bits per heavy atom. The van der Waals surface area contributed by atoms with Gasteiger partial charge in [0.15, 0.2) is 6.79 Å². The summed E-state index contributed by atoms with van der Waals surface area (Å²) in [7, 11) is 0. The van der Waals surface area contributed by atoms with Gasteiger partial charge in [0, 0.05) is 67.0 Å². The summed E-state index contributed by atoms with van der Waals surface area (Å²) < 4.78 is 11.0. The SMILES string of the molecule is CC(c1ccccc1Cl)N1CCN(Cc2cc([N+](=O)[O-])cc3c2OCOC3)CC1. The predicted molar refractivity (Wildman–Crippen MR) is 110 cm³/mol. The van der Waals surface area contributed by atoms with Gasteiger partial charge in [-0.2, -0.15) is 0 Å². The van der Waals surface area contributed by atoms with Crippen molar-refractivity contribution >= 4 is 17.3 Å². The van der Waals surface area contributed by atoms with E-state index in [1.165, 1.54) is 0 Å². The molecule has 0 amide bonds. The highest BCUT2D eigenvalue weighted by molar-refractivity contribution is 6.31. The fourth-order valence-corrected chi connectivity index (χ4v) is 4.36. The summed E-state index contributed by atoms with van der Waals surface area (Å²) in [6, 6.07) is 11.4. The van der Waals surface area contributed by atoms with Gasteiger partial charge in [-0.05, 0) is 18.6 Å². The lowest BCUT2D eigenvalue weighted by molar-refractivity contribution is -0.385. The van der Waals surface area contributed by atoms with E-state index in [4.69, 9.17) is 21.1 Å². The number of benzene rings is 2. The number of nitro groups is 1. The number of hydrogen-bond acceptors (Lipinski definition) is 6. The zero-order chi connectivity index (χ0) is 20.4. The second-order valence-corrected chi connectivity index (χ2v) is 7.88. The van der Waals surface area contributed by atoms with Crippen LogP contribution in [0.25, 0.3) is 0 Å². The Kier molecular flexibility index (Phi) is 6.01. The van der Waals surface area contributed by atoms with Gasteiger partial charge in [-0.25, -0.2) is 0 Å². The molecule has 0 spiro atoms. The van der Waals surface area contributed by atoms with Gasteiger partial charge in [0.25, 0.3) is 5.69 Å². The molecule has 0 aromatic heterocycles. The van der Waals surface area contributed by atoms with Crippen LogP contribution >= 0.6 is 11.6 Å². The number of halogens is 1. The van der Waals surface area contributed by atoms with Crippen LogP contribution < -0.4 is 4.74 Å². The summed E-state index contributed by atoms with van der Waals surface area (Å²) in [6.07, 6.45) is 0. The second-order valence-electron chi connectivity index (χ2n) is 7.47. The molecule has 1 fully saturated rings. The Hall–Kier alpha value is -2.19. The molecule has 0 N–H and O–H groups in total. The minimum absolute atomic E-state index is 0.0822. The second kappa shape index (κ2) is 8.67. The van der Waals surface area contributed by atoms with Crippen LogP contribution in [0.2, 0.25) is 5.02 Å². The number of non-ortho nitro benzene ring substituents is 1. The standard InChI is InChI=1S/C21H24ClN3O4/c1-15(19-4-2-3-5-20(19)22)24-8-6-23(7-9-24)12-16-10-18(25(26)27)11-17-13-28-14-29-21(16)17/h2-5,10-11,15H,6-9,12-14H2,1H3. The molecule has 8 heteroatoms. The Morgan fingerprint density at radius 2 is 1.97 bits per heavy atom. The van der Waals surface area contributed by atoms with E-state index in [-0.39, 0.29) is 23.4 Å². The molecule has 4 rings (SSSR count). The van der Waals surface area contributed by atoms with Crippen molar-refractivity contribution in [1.82, 2.24) is 9.80 Å². The Balaban J connectivity index is 1.44. The lowest BCUT2D eigenvalue weighted by atomic mass is 10.0. The van der Waals surface area contributed by atoms with Gasteiger partial charge < -0.3 is 9.47 Å². The highest BCUT2D eigenvalue weighted by Gasteiger charge is 2.26. The third-order valence-electron chi connectivity index (χ3n) is 5.69. The van der Waals surface area contributed by atoms with Gasteiger partial charge in [0.05, 0.1) is 11.5 Å². The molecular formula is C21H24ClN3O4. The molecule has 1 atom stereocenters. The van der Waals surface area contributed by atoms with Crippen LogP contribution in [0, 0.1) is 10.1 Å². The highest BCUT2D eigenvalue weighted by atomic mass is 35.5. The molecule has 0 saturated carbocycles. The normalized spacial score (nSPS) is 18.7. The van der Waals surface area contributed by atoms with Crippen LogP contribution in [-0.4, -0.2) is 47.7 Å². The van der Waals surface area contributed by atoms with Gasteiger partial charge in [-0.3, -0.25) is 19.9 Å². The third-order valence-corrected chi connectivity index (χ3v) is 6.03. The van der Waals surface area contributed by atoms with Gasteiger partial charge in [0.2, 0.25) is 0 Å². The summed E-state index contributed by atoms with van der Waals surface area (Å²) in [5, 5.41) is 12.1. The van der Waals surface area contributed by atoms with E-state index in [1.54, 1.807) is 12.1 Å². The quantitative estimate of drug-likeness (QED) is 0.541. The Labute approximate surface area is 174 Å². The van der Waals surface area contributed by atoms with Crippen LogP contribution in [0.15, 0.2) is 36.4 Å². The number of fused-ring (bicyclic) bond motifs is 1. The molecule has 29 heavy (non-hydrogen) atoms.